The summed E-state index contributed by atoms with van der Waals surface area (Å²) in [5, 5.41) is 4.45. The van der Waals surface area contributed by atoms with E-state index in [1.54, 1.807) is 6.33 Å². The number of para-hydroxylation sites is 1. The standard InChI is InChI=1S/C14H20N4/c1-11(9-15)5-4-8-16-14-12-6-2-3-7-13(12)17-10-18-14/h2-3,6-7,10-11H,4-5,8-9,15H2,1H3,(H,16,17,18). The minimum atomic E-state index is 0.592. The summed E-state index contributed by atoms with van der Waals surface area (Å²) in [7, 11) is 0. The molecule has 18 heavy (non-hydrogen) atoms. The molecule has 0 bridgehead atoms. The molecule has 1 aromatic heterocycles. The van der Waals surface area contributed by atoms with Crippen LogP contribution in [0.5, 0.6) is 0 Å². The second-order valence-electron chi connectivity index (χ2n) is 4.65. The van der Waals surface area contributed by atoms with Gasteiger partial charge in [0.1, 0.15) is 12.1 Å². The number of nitrogens with one attached hydrogen (secondary N) is 1. The van der Waals surface area contributed by atoms with E-state index >= 15 is 0 Å². The van der Waals surface area contributed by atoms with Crippen LogP contribution in [0.25, 0.3) is 10.9 Å². The third-order valence-electron chi connectivity index (χ3n) is 3.11. The van der Waals surface area contributed by atoms with Gasteiger partial charge in [0.05, 0.1) is 5.52 Å². The fourth-order valence-electron chi connectivity index (χ4n) is 1.92. The summed E-state index contributed by atoms with van der Waals surface area (Å²) in [6.45, 7) is 3.86. The first-order chi connectivity index (χ1) is 8.81. The Morgan fingerprint density at radius 2 is 2.11 bits per heavy atom. The van der Waals surface area contributed by atoms with Crippen molar-refractivity contribution in [2.24, 2.45) is 11.7 Å². The van der Waals surface area contributed by atoms with Gasteiger partial charge in [-0.3, -0.25) is 0 Å². The topological polar surface area (TPSA) is 63.8 Å². The Kier molecular flexibility index (Phi) is 4.47. The molecule has 0 spiro atoms. The first kappa shape index (κ1) is 12.8. The van der Waals surface area contributed by atoms with Crippen molar-refractivity contribution in [3.8, 4) is 0 Å². The lowest BCUT2D eigenvalue weighted by Gasteiger charge is -2.10. The van der Waals surface area contributed by atoms with Gasteiger partial charge in [-0.2, -0.15) is 0 Å². The summed E-state index contributed by atoms with van der Waals surface area (Å²) >= 11 is 0. The number of rotatable bonds is 6. The zero-order chi connectivity index (χ0) is 12.8. The molecule has 0 saturated heterocycles. The highest BCUT2D eigenvalue weighted by molar-refractivity contribution is 5.88. The quantitative estimate of drug-likeness (QED) is 0.766. The molecule has 0 aliphatic heterocycles. The van der Waals surface area contributed by atoms with Crippen molar-refractivity contribution in [1.29, 1.82) is 0 Å². The molecule has 0 amide bonds. The third-order valence-corrected chi connectivity index (χ3v) is 3.11. The maximum absolute atomic E-state index is 5.60. The summed E-state index contributed by atoms with van der Waals surface area (Å²) in [5.41, 5.74) is 6.58. The van der Waals surface area contributed by atoms with Crippen LogP contribution < -0.4 is 11.1 Å². The van der Waals surface area contributed by atoms with E-state index in [1.165, 1.54) is 0 Å². The second kappa shape index (κ2) is 6.31. The van der Waals surface area contributed by atoms with E-state index in [1.807, 2.05) is 24.3 Å². The molecule has 1 atom stereocenters. The Labute approximate surface area is 108 Å². The van der Waals surface area contributed by atoms with Crippen molar-refractivity contribution in [3.05, 3.63) is 30.6 Å². The Morgan fingerprint density at radius 1 is 1.28 bits per heavy atom. The van der Waals surface area contributed by atoms with Gasteiger partial charge in [-0.25, -0.2) is 9.97 Å². The van der Waals surface area contributed by atoms with Crippen LogP contribution in [0.4, 0.5) is 5.82 Å². The van der Waals surface area contributed by atoms with Gasteiger partial charge in [0.2, 0.25) is 0 Å². The molecule has 0 fully saturated rings. The van der Waals surface area contributed by atoms with Crippen molar-refractivity contribution in [2.75, 3.05) is 18.4 Å². The number of hydrogen-bond donors (Lipinski definition) is 2. The first-order valence-corrected chi connectivity index (χ1v) is 6.45. The molecule has 0 aliphatic carbocycles. The molecule has 1 aromatic carbocycles. The van der Waals surface area contributed by atoms with E-state index < -0.39 is 0 Å². The zero-order valence-electron chi connectivity index (χ0n) is 10.8. The molecule has 4 nitrogen and oxygen atoms in total. The molecule has 2 rings (SSSR count). The van der Waals surface area contributed by atoms with E-state index in [-0.39, 0.29) is 0 Å². The maximum Gasteiger partial charge on any atom is 0.137 e. The molecule has 0 saturated carbocycles. The van der Waals surface area contributed by atoms with Gasteiger partial charge in [-0.05, 0) is 37.4 Å². The lowest BCUT2D eigenvalue weighted by atomic mass is 10.1. The lowest BCUT2D eigenvalue weighted by molar-refractivity contribution is 0.529. The van der Waals surface area contributed by atoms with E-state index in [0.717, 1.165) is 42.7 Å². The highest BCUT2D eigenvalue weighted by Crippen LogP contribution is 2.18. The Balaban J connectivity index is 1.95. The molecular weight excluding hydrogens is 224 g/mol. The van der Waals surface area contributed by atoms with Gasteiger partial charge in [-0.15, -0.1) is 0 Å². The van der Waals surface area contributed by atoms with Crippen LogP contribution in [0.2, 0.25) is 0 Å². The molecule has 96 valence electrons. The molecular formula is C14H20N4. The van der Waals surface area contributed by atoms with Crippen molar-refractivity contribution >= 4 is 16.7 Å². The van der Waals surface area contributed by atoms with E-state index in [9.17, 15) is 0 Å². The molecule has 1 heterocycles. The fourth-order valence-corrected chi connectivity index (χ4v) is 1.92. The normalized spacial score (nSPS) is 12.6. The number of fused-ring (bicyclic) bond motifs is 1. The van der Waals surface area contributed by atoms with E-state index in [0.29, 0.717) is 5.92 Å². The van der Waals surface area contributed by atoms with Crippen molar-refractivity contribution < 1.29 is 0 Å². The van der Waals surface area contributed by atoms with Gasteiger partial charge < -0.3 is 11.1 Å². The smallest absolute Gasteiger partial charge is 0.137 e. The molecule has 3 N–H and O–H groups in total. The van der Waals surface area contributed by atoms with Crippen LogP contribution in [0, 0.1) is 5.92 Å². The number of aromatic nitrogens is 2. The maximum atomic E-state index is 5.60. The van der Waals surface area contributed by atoms with Crippen molar-refractivity contribution in [2.45, 2.75) is 19.8 Å². The van der Waals surface area contributed by atoms with Gasteiger partial charge in [0, 0.05) is 11.9 Å². The second-order valence-corrected chi connectivity index (χ2v) is 4.65. The summed E-state index contributed by atoms with van der Waals surface area (Å²) in [6.07, 6.45) is 3.86. The van der Waals surface area contributed by atoms with Gasteiger partial charge >= 0.3 is 0 Å². The van der Waals surface area contributed by atoms with Gasteiger partial charge in [0.15, 0.2) is 0 Å². The molecule has 0 radical (unpaired) electrons. The largest absolute Gasteiger partial charge is 0.369 e. The van der Waals surface area contributed by atoms with Crippen LogP contribution in [0.15, 0.2) is 30.6 Å². The van der Waals surface area contributed by atoms with Crippen LogP contribution in [0.1, 0.15) is 19.8 Å². The average molecular weight is 244 g/mol. The highest BCUT2D eigenvalue weighted by Gasteiger charge is 2.02. The van der Waals surface area contributed by atoms with Crippen LogP contribution >= 0.6 is 0 Å². The SMILES string of the molecule is CC(CN)CCCNc1ncnc2ccccc12. The molecule has 0 aliphatic rings. The first-order valence-electron chi connectivity index (χ1n) is 6.45. The minimum Gasteiger partial charge on any atom is -0.369 e. The number of anilines is 1. The van der Waals surface area contributed by atoms with Crippen LogP contribution in [0.3, 0.4) is 0 Å². The van der Waals surface area contributed by atoms with Gasteiger partial charge in [-0.1, -0.05) is 19.1 Å². The predicted molar refractivity (Wildman–Crippen MR) is 75.5 cm³/mol. The molecule has 2 aromatic rings. The van der Waals surface area contributed by atoms with Crippen LogP contribution in [-0.2, 0) is 0 Å². The summed E-state index contributed by atoms with van der Waals surface area (Å²) in [5.74, 6) is 1.51. The molecule has 1 unspecified atom stereocenters. The monoisotopic (exact) mass is 244 g/mol. The molecule has 4 heteroatoms. The summed E-state index contributed by atoms with van der Waals surface area (Å²) in [6, 6.07) is 8.04. The zero-order valence-corrected chi connectivity index (χ0v) is 10.8. The van der Waals surface area contributed by atoms with Crippen molar-refractivity contribution in [3.63, 3.8) is 0 Å². The summed E-state index contributed by atoms with van der Waals surface area (Å²) < 4.78 is 0. The van der Waals surface area contributed by atoms with Crippen molar-refractivity contribution in [1.82, 2.24) is 9.97 Å². The lowest BCUT2D eigenvalue weighted by Crippen LogP contribution is -2.12. The number of benzene rings is 1. The highest BCUT2D eigenvalue weighted by atomic mass is 15.0. The number of nitrogens with two attached hydrogens (primary N) is 1. The third kappa shape index (κ3) is 3.17. The minimum absolute atomic E-state index is 0.592. The summed E-state index contributed by atoms with van der Waals surface area (Å²) in [4.78, 5) is 8.54. The average Bonchev–Trinajstić information content (AvgIpc) is 2.43. The number of hydrogen-bond acceptors (Lipinski definition) is 4. The predicted octanol–water partition coefficient (Wildman–Crippen LogP) is 2.42. The van der Waals surface area contributed by atoms with E-state index in [2.05, 4.69) is 22.2 Å². The Morgan fingerprint density at radius 3 is 2.94 bits per heavy atom. The van der Waals surface area contributed by atoms with Gasteiger partial charge in [0.25, 0.3) is 0 Å². The van der Waals surface area contributed by atoms with Crippen LogP contribution in [-0.4, -0.2) is 23.1 Å². The Bertz CT molecular complexity index is 493. The Hall–Kier alpha value is -1.68. The number of nitrogens with zero attached hydrogens (tertiary/aromatic N) is 2. The van der Waals surface area contributed by atoms with E-state index in [4.69, 9.17) is 5.73 Å². The fraction of sp³-hybridized carbons (Fsp3) is 0.429.